The Hall–Kier alpha value is -2.62. The number of nitrogens with one attached hydrogen (secondary N) is 1. The normalized spacial score (nSPS) is 19.4. The molecular weight excluding hydrogens is 453 g/mol. The van der Waals surface area contributed by atoms with Crippen molar-refractivity contribution < 1.29 is 35.5 Å². The number of piperidine rings is 1. The molecule has 0 bridgehead atoms. The van der Waals surface area contributed by atoms with E-state index in [2.05, 4.69) is 5.32 Å². The Morgan fingerprint density at radius 1 is 1.03 bits per heavy atom. The van der Waals surface area contributed by atoms with Gasteiger partial charge in [0.2, 0.25) is 5.91 Å². The SMILES string of the molecule is Cc1cc(F)ccc1[C@@H]1CNCC[C@H]1N(C)C(=O)Cc1cc(C(F)(F)F)cc(C(F)(F)F)c1. The van der Waals surface area contributed by atoms with Gasteiger partial charge >= 0.3 is 12.4 Å². The number of amides is 1. The monoisotopic (exact) mass is 476 g/mol. The van der Waals surface area contributed by atoms with Crippen molar-refractivity contribution in [3.8, 4) is 0 Å². The molecular formula is C23H23F7N2O. The van der Waals surface area contributed by atoms with Crippen LogP contribution in [0.4, 0.5) is 30.7 Å². The fraction of sp³-hybridized carbons (Fsp3) is 0.435. The van der Waals surface area contributed by atoms with Gasteiger partial charge in [0.25, 0.3) is 0 Å². The summed E-state index contributed by atoms with van der Waals surface area (Å²) >= 11 is 0. The molecule has 0 aliphatic carbocycles. The molecule has 2 aromatic rings. The van der Waals surface area contributed by atoms with Gasteiger partial charge < -0.3 is 10.2 Å². The lowest BCUT2D eigenvalue weighted by atomic mass is 9.83. The van der Waals surface area contributed by atoms with Crippen molar-refractivity contribution >= 4 is 5.91 Å². The Morgan fingerprint density at radius 3 is 2.18 bits per heavy atom. The zero-order valence-electron chi connectivity index (χ0n) is 17.9. The summed E-state index contributed by atoms with van der Waals surface area (Å²) < 4.78 is 92.3. The molecule has 2 aromatic carbocycles. The van der Waals surface area contributed by atoms with E-state index in [0.717, 1.165) is 5.56 Å². The average molecular weight is 476 g/mol. The molecule has 0 spiro atoms. The van der Waals surface area contributed by atoms with Crippen molar-refractivity contribution in [3.05, 3.63) is 70.0 Å². The average Bonchev–Trinajstić information content (AvgIpc) is 2.72. The highest BCUT2D eigenvalue weighted by Gasteiger charge is 2.38. The molecule has 33 heavy (non-hydrogen) atoms. The maximum absolute atomic E-state index is 13.5. The lowest BCUT2D eigenvalue weighted by Gasteiger charge is -2.39. The van der Waals surface area contributed by atoms with E-state index >= 15 is 0 Å². The van der Waals surface area contributed by atoms with E-state index in [-0.39, 0.29) is 23.6 Å². The van der Waals surface area contributed by atoms with Gasteiger partial charge in [-0.25, -0.2) is 4.39 Å². The van der Waals surface area contributed by atoms with Crippen LogP contribution in [0, 0.1) is 12.7 Å². The summed E-state index contributed by atoms with van der Waals surface area (Å²) in [5.41, 5.74) is -1.75. The van der Waals surface area contributed by atoms with Gasteiger partial charge in [-0.05, 0) is 66.9 Å². The minimum Gasteiger partial charge on any atom is -0.342 e. The second kappa shape index (κ2) is 9.32. The number of likely N-dealkylation sites (N-methyl/N-ethyl adjacent to an activating group) is 1. The highest BCUT2D eigenvalue weighted by Crippen LogP contribution is 2.37. The molecule has 3 rings (SSSR count). The van der Waals surface area contributed by atoms with Gasteiger partial charge in [0.15, 0.2) is 0 Å². The van der Waals surface area contributed by atoms with Crippen LogP contribution in [0.25, 0.3) is 0 Å². The summed E-state index contributed by atoms with van der Waals surface area (Å²) in [5, 5.41) is 3.22. The Labute approximate surface area is 186 Å². The largest absolute Gasteiger partial charge is 0.416 e. The number of halogens is 7. The highest BCUT2D eigenvalue weighted by molar-refractivity contribution is 5.79. The van der Waals surface area contributed by atoms with Crippen LogP contribution in [-0.4, -0.2) is 37.0 Å². The summed E-state index contributed by atoms with van der Waals surface area (Å²) in [7, 11) is 1.49. The van der Waals surface area contributed by atoms with Gasteiger partial charge in [0.05, 0.1) is 17.5 Å². The van der Waals surface area contributed by atoms with Gasteiger partial charge in [0, 0.05) is 25.6 Å². The second-order valence-electron chi connectivity index (χ2n) is 8.26. The maximum atomic E-state index is 13.5. The van der Waals surface area contributed by atoms with Crippen molar-refractivity contribution in [2.75, 3.05) is 20.1 Å². The highest BCUT2D eigenvalue weighted by atomic mass is 19.4. The topological polar surface area (TPSA) is 32.3 Å². The quantitative estimate of drug-likeness (QED) is 0.606. The van der Waals surface area contributed by atoms with Gasteiger partial charge in [-0.1, -0.05) is 6.07 Å². The number of benzene rings is 2. The Morgan fingerprint density at radius 2 is 1.64 bits per heavy atom. The smallest absolute Gasteiger partial charge is 0.342 e. The molecule has 1 aliphatic rings. The molecule has 1 fully saturated rings. The molecule has 0 unspecified atom stereocenters. The first kappa shape index (κ1) is 25.0. The minimum atomic E-state index is -4.98. The number of nitrogens with zero attached hydrogens (tertiary/aromatic N) is 1. The van der Waals surface area contributed by atoms with Crippen molar-refractivity contribution in [3.63, 3.8) is 0 Å². The lowest BCUT2D eigenvalue weighted by Crippen LogP contribution is -2.49. The predicted octanol–water partition coefficient (Wildman–Crippen LogP) is 5.32. The lowest BCUT2D eigenvalue weighted by molar-refractivity contribution is -0.143. The Bertz CT molecular complexity index is 985. The first-order valence-corrected chi connectivity index (χ1v) is 10.3. The Kier molecular flexibility index (Phi) is 7.07. The van der Waals surface area contributed by atoms with E-state index in [4.69, 9.17) is 0 Å². The zero-order valence-corrected chi connectivity index (χ0v) is 17.9. The molecule has 1 saturated heterocycles. The third-order valence-electron chi connectivity index (χ3n) is 5.97. The third-order valence-corrected chi connectivity index (χ3v) is 5.97. The number of carbonyl (C=O) groups excluding carboxylic acids is 1. The molecule has 0 radical (unpaired) electrons. The maximum Gasteiger partial charge on any atom is 0.416 e. The number of carbonyl (C=O) groups is 1. The number of rotatable bonds is 4. The minimum absolute atomic E-state index is 0.0395. The van der Waals surface area contributed by atoms with Crippen molar-refractivity contribution in [1.82, 2.24) is 10.2 Å². The van der Waals surface area contributed by atoms with Crippen LogP contribution in [0.3, 0.4) is 0 Å². The van der Waals surface area contributed by atoms with Crippen LogP contribution < -0.4 is 5.32 Å². The Balaban J connectivity index is 1.87. The standard InChI is InChI=1S/C23H23F7N2O/c1-13-7-17(24)3-4-18(13)19-12-31-6-5-20(19)32(2)21(33)10-14-8-15(22(25,26)27)11-16(9-14)23(28,29)30/h3-4,7-9,11,19-20,31H,5-6,10,12H2,1-2H3/t19-,20+/m0/s1. The third kappa shape index (κ3) is 5.85. The molecule has 1 amide bonds. The number of aryl methyl sites for hydroxylation is 1. The summed E-state index contributed by atoms with van der Waals surface area (Å²) in [6.07, 6.45) is -10.0. The van der Waals surface area contributed by atoms with Crippen LogP contribution in [-0.2, 0) is 23.6 Å². The molecule has 10 heteroatoms. The van der Waals surface area contributed by atoms with Crippen LogP contribution in [0.2, 0.25) is 0 Å². The summed E-state index contributed by atoms with van der Waals surface area (Å²) in [6.45, 7) is 2.82. The molecule has 1 N–H and O–H groups in total. The molecule has 0 aromatic heterocycles. The van der Waals surface area contributed by atoms with E-state index < -0.39 is 41.6 Å². The molecule has 1 heterocycles. The van der Waals surface area contributed by atoms with Crippen LogP contribution in [0.15, 0.2) is 36.4 Å². The fourth-order valence-electron chi connectivity index (χ4n) is 4.29. The van der Waals surface area contributed by atoms with E-state index in [1.165, 1.54) is 24.1 Å². The molecule has 3 nitrogen and oxygen atoms in total. The second-order valence-corrected chi connectivity index (χ2v) is 8.26. The molecule has 1 aliphatic heterocycles. The molecule has 180 valence electrons. The summed E-state index contributed by atoms with van der Waals surface area (Å²) in [5.74, 6) is -1.20. The van der Waals surface area contributed by atoms with E-state index in [9.17, 15) is 35.5 Å². The predicted molar refractivity (Wildman–Crippen MR) is 108 cm³/mol. The zero-order chi connectivity index (χ0) is 24.6. The van der Waals surface area contributed by atoms with Crippen molar-refractivity contribution in [2.45, 2.75) is 44.1 Å². The van der Waals surface area contributed by atoms with Crippen LogP contribution in [0.5, 0.6) is 0 Å². The number of hydrogen-bond acceptors (Lipinski definition) is 2. The van der Waals surface area contributed by atoms with Gasteiger partial charge in [-0.3, -0.25) is 4.79 Å². The van der Waals surface area contributed by atoms with Crippen molar-refractivity contribution in [2.24, 2.45) is 0 Å². The fourth-order valence-corrected chi connectivity index (χ4v) is 4.29. The number of alkyl halides is 6. The summed E-state index contributed by atoms with van der Waals surface area (Å²) in [6, 6.07) is 5.17. The van der Waals surface area contributed by atoms with Gasteiger partial charge in [0.1, 0.15) is 5.82 Å². The van der Waals surface area contributed by atoms with E-state index in [1.807, 2.05) is 0 Å². The molecule has 2 atom stereocenters. The number of hydrogen-bond donors (Lipinski definition) is 1. The van der Waals surface area contributed by atoms with E-state index in [0.29, 0.717) is 37.2 Å². The van der Waals surface area contributed by atoms with Gasteiger partial charge in [-0.15, -0.1) is 0 Å². The van der Waals surface area contributed by atoms with Crippen LogP contribution in [0.1, 0.15) is 40.2 Å². The summed E-state index contributed by atoms with van der Waals surface area (Å²) in [4.78, 5) is 14.3. The van der Waals surface area contributed by atoms with Gasteiger partial charge in [-0.2, -0.15) is 26.3 Å². The van der Waals surface area contributed by atoms with Crippen LogP contribution >= 0.6 is 0 Å². The van der Waals surface area contributed by atoms with Crippen molar-refractivity contribution in [1.29, 1.82) is 0 Å². The van der Waals surface area contributed by atoms with E-state index in [1.54, 1.807) is 13.0 Å². The first-order valence-electron chi connectivity index (χ1n) is 10.3. The first-order chi connectivity index (χ1) is 15.3. The molecule has 0 saturated carbocycles.